The maximum Gasteiger partial charge on any atom is 0.410 e. The topological polar surface area (TPSA) is 38.8 Å². The molecule has 1 aliphatic rings. The first kappa shape index (κ1) is 26.2. The zero-order chi connectivity index (χ0) is 25.5. The normalized spacial score (nSPS) is 14.9. The molecule has 0 fully saturated rings. The number of nitrogens with zero attached hydrogens (tertiary/aromatic N) is 1. The van der Waals surface area contributed by atoms with Crippen LogP contribution in [0.1, 0.15) is 48.9 Å². The average Bonchev–Trinajstić information content (AvgIpc) is 2.90. The van der Waals surface area contributed by atoms with Crippen molar-refractivity contribution in [1.82, 2.24) is 4.90 Å². The number of hydrogen-bond acceptors (Lipinski definition) is 3. The van der Waals surface area contributed by atoms with Crippen molar-refractivity contribution < 1.29 is 18.7 Å². The third-order valence-electron chi connectivity index (χ3n) is 6.62. The highest BCUT2D eigenvalue weighted by Crippen LogP contribution is 2.37. The van der Waals surface area contributed by atoms with Gasteiger partial charge in [-0.05, 0) is 75.9 Å². The Kier molecular flexibility index (Phi) is 9.03. The van der Waals surface area contributed by atoms with Crippen LogP contribution in [0.5, 0.6) is 5.75 Å². The maximum absolute atomic E-state index is 15.5. The van der Waals surface area contributed by atoms with Gasteiger partial charge in [0.15, 0.2) is 0 Å². The molecule has 0 aliphatic heterocycles. The Morgan fingerprint density at radius 1 is 1.06 bits per heavy atom. The highest BCUT2D eigenvalue weighted by molar-refractivity contribution is 9.10. The lowest BCUT2D eigenvalue weighted by atomic mass is 9.86. The second-order valence-corrected chi connectivity index (χ2v) is 10.5. The van der Waals surface area contributed by atoms with Gasteiger partial charge >= 0.3 is 6.09 Å². The van der Waals surface area contributed by atoms with Crippen LogP contribution in [-0.4, -0.2) is 23.6 Å². The number of amides is 1. The van der Waals surface area contributed by atoms with E-state index in [1.807, 2.05) is 66.7 Å². The van der Waals surface area contributed by atoms with Crippen LogP contribution in [-0.2, 0) is 30.8 Å². The summed E-state index contributed by atoms with van der Waals surface area (Å²) >= 11 is 3.41. The Labute approximate surface area is 221 Å². The highest BCUT2D eigenvalue weighted by atomic mass is 79.9. The summed E-state index contributed by atoms with van der Waals surface area (Å²) < 4.78 is 27.5. The van der Waals surface area contributed by atoms with E-state index in [1.165, 1.54) is 0 Å². The van der Waals surface area contributed by atoms with Crippen molar-refractivity contribution in [3.05, 3.63) is 99.3 Å². The zero-order valence-corrected chi connectivity index (χ0v) is 22.5. The van der Waals surface area contributed by atoms with E-state index in [0.29, 0.717) is 47.7 Å². The van der Waals surface area contributed by atoms with Crippen molar-refractivity contribution in [1.29, 1.82) is 0 Å². The van der Waals surface area contributed by atoms with E-state index in [2.05, 4.69) is 29.8 Å². The highest BCUT2D eigenvalue weighted by Gasteiger charge is 2.32. The summed E-state index contributed by atoms with van der Waals surface area (Å²) in [5.74, 6) is 0.648. The van der Waals surface area contributed by atoms with Gasteiger partial charge in [0.1, 0.15) is 24.8 Å². The van der Waals surface area contributed by atoms with Crippen LogP contribution in [0.3, 0.4) is 0 Å². The fourth-order valence-corrected chi connectivity index (χ4v) is 4.99. The smallest absolute Gasteiger partial charge is 0.410 e. The van der Waals surface area contributed by atoms with Crippen LogP contribution in [0.4, 0.5) is 9.18 Å². The fraction of sp³-hybridized carbons (Fsp3) is 0.367. The molecule has 0 heterocycles. The minimum atomic E-state index is -0.338. The fourth-order valence-electron chi connectivity index (χ4n) is 4.52. The number of hydrogen-bond donors (Lipinski definition) is 0. The molecule has 0 radical (unpaired) electrons. The third kappa shape index (κ3) is 6.67. The summed E-state index contributed by atoms with van der Waals surface area (Å²) in [6.45, 7) is 5.46. The van der Waals surface area contributed by atoms with Gasteiger partial charge < -0.3 is 14.4 Å². The lowest BCUT2D eigenvalue weighted by Gasteiger charge is -2.35. The first-order valence-corrected chi connectivity index (χ1v) is 13.4. The largest absolute Gasteiger partial charge is 0.488 e. The van der Waals surface area contributed by atoms with Gasteiger partial charge in [-0.3, -0.25) is 0 Å². The molecule has 4 rings (SSSR count). The van der Waals surface area contributed by atoms with Gasteiger partial charge in [0.2, 0.25) is 0 Å². The lowest BCUT2D eigenvalue weighted by Crippen LogP contribution is -2.44. The second kappa shape index (κ2) is 12.4. The lowest BCUT2D eigenvalue weighted by molar-refractivity contribution is 0.0748. The first-order chi connectivity index (χ1) is 17.4. The second-order valence-electron chi connectivity index (χ2n) is 9.73. The Morgan fingerprint density at radius 2 is 1.69 bits per heavy atom. The number of halogens is 2. The molecule has 0 spiro atoms. The molecule has 3 aromatic rings. The molecule has 3 aromatic carbocycles. The van der Waals surface area contributed by atoms with Crippen LogP contribution >= 0.6 is 15.9 Å². The minimum absolute atomic E-state index is 0.114. The first-order valence-electron chi connectivity index (χ1n) is 12.6. The minimum Gasteiger partial charge on any atom is -0.488 e. The predicted molar refractivity (Wildman–Crippen MR) is 143 cm³/mol. The molecule has 0 bridgehead atoms. The quantitative estimate of drug-likeness (QED) is 0.272. The van der Waals surface area contributed by atoms with Crippen molar-refractivity contribution in [2.45, 2.75) is 58.8 Å². The zero-order valence-electron chi connectivity index (χ0n) is 20.9. The van der Waals surface area contributed by atoms with E-state index in [0.717, 1.165) is 29.5 Å². The van der Waals surface area contributed by atoms with Gasteiger partial charge in [-0.1, -0.05) is 74.5 Å². The molecule has 0 N–H and O–H groups in total. The van der Waals surface area contributed by atoms with Gasteiger partial charge in [0, 0.05) is 12.6 Å². The van der Waals surface area contributed by atoms with Crippen LogP contribution in [0.15, 0.2) is 71.2 Å². The van der Waals surface area contributed by atoms with E-state index in [-0.39, 0.29) is 24.6 Å². The number of rotatable bonds is 9. The third-order valence-corrected chi connectivity index (χ3v) is 7.36. The summed E-state index contributed by atoms with van der Waals surface area (Å²) in [5, 5.41) is 0. The van der Waals surface area contributed by atoms with E-state index in [1.54, 1.807) is 4.90 Å². The van der Waals surface area contributed by atoms with Crippen LogP contribution < -0.4 is 4.74 Å². The molecule has 1 amide bonds. The van der Waals surface area contributed by atoms with E-state index in [9.17, 15) is 4.79 Å². The molecule has 190 valence electrons. The Morgan fingerprint density at radius 3 is 2.33 bits per heavy atom. The van der Waals surface area contributed by atoms with Gasteiger partial charge in [-0.15, -0.1) is 0 Å². The van der Waals surface area contributed by atoms with Gasteiger partial charge in [-0.2, -0.15) is 0 Å². The molecule has 36 heavy (non-hydrogen) atoms. The van der Waals surface area contributed by atoms with Crippen LogP contribution in [0.25, 0.3) is 0 Å². The van der Waals surface area contributed by atoms with Gasteiger partial charge in [0.25, 0.3) is 0 Å². The van der Waals surface area contributed by atoms with E-state index >= 15 is 4.39 Å². The molecule has 0 unspecified atom stereocenters. The van der Waals surface area contributed by atoms with Gasteiger partial charge in [0.05, 0.1) is 4.47 Å². The van der Waals surface area contributed by atoms with Crippen molar-refractivity contribution in [2.75, 3.05) is 6.54 Å². The number of carbonyl (C=O) groups is 1. The van der Waals surface area contributed by atoms with Crippen LogP contribution in [0.2, 0.25) is 0 Å². The summed E-state index contributed by atoms with van der Waals surface area (Å²) in [6, 6.07) is 21.3. The summed E-state index contributed by atoms with van der Waals surface area (Å²) in [6.07, 6.45) is 2.41. The maximum atomic E-state index is 15.5. The number of fused-ring (bicyclic) bond motifs is 1. The summed E-state index contributed by atoms with van der Waals surface area (Å²) in [4.78, 5) is 15.0. The predicted octanol–water partition coefficient (Wildman–Crippen LogP) is 7.71. The Balaban J connectivity index is 1.48. The van der Waals surface area contributed by atoms with Crippen molar-refractivity contribution >= 4 is 22.0 Å². The molecule has 4 nitrogen and oxygen atoms in total. The van der Waals surface area contributed by atoms with E-state index < -0.39 is 0 Å². The van der Waals surface area contributed by atoms with Crippen molar-refractivity contribution in [3.8, 4) is 5.75 Å². The SMILES string of the molecule is CC(C)CCN(C(=O)OCc1ccccc1)[C@@H]1CCc2cc(OCc3ccccc3)c(Br)c(F)c2C1. The molecular formula is C30H33BrFNO3. The number of benzene rings is 3. The van der Waals surface area contributed by atoms with Crippen LogP contribution in [0, 0.1) is 11.7 Å². The molecular weight excluding hydrogens is 521 g/mol. The molecule has 1 atom stereocenters. The van der Waals surface area contributed by atoms with Crippen molar-refractivity contribution in [3.63, 3.8) is 0 Å². The Hall–Kier alpha value is -2.86. The van der Waals surface area contributed by atoms with Crippen molar-refractivity contribution in [2.24, 2.45) is 5.92 Å². The molecule has 0 saturated heterocycles. The molecule has 1 aliphatic carbocycles. The molecule has 0 aromatic heterocycles. The number of ether oxygens (including phenoxy) is 2. The monoisotopic (exact) mass is 553 g/mol. The number of carbonyl (C=O) groups excluding carboxylic acids is 1. The van der Waals surface area contributed by atoms with E-state index in [4.69, 9.17) is 9.47 Å². The summed E-state index contributed by atoms with van der Waals surface area (Å²) in [7, 11) is 0. The average molecular weight is 555 g/mol. The van der Waals surface area contributed by atoms with Gasteiger partial charge in [-0.25, -0.2) is 9.18 Å². The molecule has 0 saturated carbocycles. The Bertz CT molecular complexity index is 1150. The summed E-state index contributed by atoms with van der Waals surface area (Å²) in [5.41, 5.74) is 3.56. The standard InChI is InChI=1S/C30H33BrFNO3/c1-21(2)15-16-33(30(34)36-20-23-11-7-4-8-12-23)25-14-13-24-17-27(28(31)29(32)26(24)18-25)35-19-22-9-5-3-6-10-22/h3-12,17,21,25H,13-16,18-20H2,1-2H3/t25-/m1/s1. The number of aryl methyl sites for hydroxylation is 1. The molecule has 6 heteroatoms.